The number of benzene rings is 3. The zero-order valence-corrected chi connectivity index (χ0v) is 22.8. The van der Waals surface area contributed by atoms with E-state index in [0.717, 1.165) is 26.9 Å². The van der Waals surface area contributed by atoms with E-state index in [-0.39, 0.29) is 11.7 Å². The Hall–Kier alpha value is -2.24. The van der Waals surface area contributed by atoms with Gasteiger partial charge >= 0.3 is 199 Å². The molecule has 5 rings (SSSR count). The van der Waals surface area contributed by atoms with E-state index in [1.165, 1.54) is 31.0 Å². The average Bonchev–Trinajstić information content (AvgIpc) is 3.10. The van der Waals surface area contributed by atoms with Gasteiger partial charge in [0.25, 0.3) is 0 Å². The molecule has 0 bridgehead atoms. The Morgan fingerprint density at radius 3 is 2.38 bits per heavy atom. The van der Waals surface area contributed by atoms with Crippen molar-refractivity contribution in [1.82, 2.24) is 9.97 Å². The van der Waals surface area contributed by atoms with Gasteiger partial charge in [-0.15, -0.1) is 0 Å². The van der Waals surface area contributed by atoms with E-state index in [0.29, 0.717) is 0 Å². The number of hydrogen-bond donors (Lipinski definition) is 0. The summed E-state index contributed by atoms with van der Waals surface area (Å²) < 4.78 is 12.3. The first kappa shape index (κ1) is 20.4. The molecule has 0 aliphatic heterocycles. The summed E-state index contributed by atoms with van der Waals surface area (Å²) in [6, 6.07) is 17.6. The second-order valence-electron chi connectivity index (χ2n) is 10.8. The van der Waals surface area contributed by atoms with Crippen LogP contribution >= 0.6 is 11.3 Å². The molecule has 0 radical (unpaired) electrons. The summed E-state index contributed by atoms with van der Waals surface area (Å²) in [5.74, 6) is 7.33. The van der Waals surface area contributed by atoms with E-state index in [1.54, 1.807) is 11.3 Å². The summed E-state index contributed by atoms with van der Waals surface area (Å²) in [7, 11) is 0. The maximum atomic E-state index is 8.41. The molecule has 0 unspecified atom stereocenters. The van der Waals surface area contributed by atoms with E-state index in [2.05, 4.69) is 103 Å². The monoisotopic (exact) mass is 501 g/mol. The van der Waals surface area contributed by atoms with Gasteiger partial charge in [-0.3, -0.25) is 0 Å². The molecule has 0 spiro atoms. The van der Waals surface area contributed by atoms with E-state index >= 15 is 0 Å². The van der Waals surface area contributed by atoms with Crippen LogP contribution in [0.15, 0.2) is 54.8 Å². The van der Waals surface area contributed by atoms with Crippen LogP contribution in [-0.2, 0) is 5.41 Å². The molecule has 3 aromatic carbocycles. The number of nitrogens with zero attached hydrogens (tertiary/aromatic N) is 2. The average molecular weight is 500 g/mol. The molecule has 0 aliphatic rings. The summed E-state index contributed by atoms with van der Waals surface area (Å²) in [4.78, 5) is 9.27. The second kappa shape index (κ2) is 7.39. The predicted molar refractivity (Wildman–Crippen MR) is 144 cm³/mol. The third kappa shape index (κ3) is 3.46. The van der Waals surface area contributed by atoms with Crippen molar-refractivity contribution in [2.45, 2.75) is 50.4 Å². The summed E-state index contributed by atoms with van der Waals surface area (Å²) in [5, 5.41) is 3.63. The molecule has 2 aromatic heterocycles. The first-order valence-corrected chi connectivity index (χ1v) is 19.4. The van der Waals surface area contributed by atoms with Gasteiger partial charge in [-0.25, -0.2) is 0 Å². The molecule has 0 N–H and O–H groups in total. The van der Waals surface area contributed by atoms with Gasteiger partial charge in [0.2, 0.25) is 0 Å². The van der Waals surface area contributed by atoms with Gasteiger partial charge in [0, 0.05) is 0 Å². The topological polar surface area (TPSA) is 25.8 Å². The third-order valence-electron chi connectivity index (χ3n) is 6.37. The van der Waals surface area contributed by atoms with Gasteiger partial charge < -0.3 is 0 Å². The molecular weight excluding hydrogens is 469 g/mol. The van der Waals surface area contributed by atoms with Gasteiger partial charge in [0.1, 0.15) is 0 Å². The van der Waals surface area contributed by atoms with Crippen molar-refractivity contribution < 1.29 is 1.37 Å². The Bertz CT molecular complexity index is 1550. The fourth-order valence-electron chi connectivity index (χ4n) is 4.81. The van der Waals surface area contributed by atoms with Crippen LogP contribution in [0.1, 0.15) is 33.3 Å². The Morgan fingerprint density at radius 1 is 0.906 bits per heavy atom. The maximum absolute atomic E-state index is 8.41. The van der Waals surface area contributed by atoms with Crippen LogP contribution in [0, 0.1) is 6.92 Å². The number of aromatic nitrogens is 2. The molecule has 0 aliphatic carbocycles. The fraction of sp³-hybridized carbons (Fsp3) is 0.286. The molecule has 32 heavy (non-hydrogen) atoms. The summed E-state index contributed by atoms with van der Waals surface area (Å²) in [6.45, 7) is 9.02. The molecule has 0 fully saturated rings. The number of fused-ring (bicyclic) bond motifs is 4. The summed E-state index contributed by atoms with van der Waals surface area (Å²) in [6.07, 6.45) is 0.0814. The van der Waals surface area contributed by atoms with Crippen LogP contribution in [0.3, 0.4) is 0 Å². The Labute approximate surface area is 198 Å². The molecule has 2 nitrogen and oxygen atoms in total. The summed E-state index contributed by atoms with van der Waals surface area (Å²) in [5.41, 5.74) is 5.53. The van der Waals surface area contributed by atoms with E-state index < -0.39 is 13.3 Å². The molecule has 0 saturated carbocycles. The molecular formula is C28H30GeN2S. The standard InChI is InChI=1S/C28H30GeN2S/c1-17-23(29(5,6)7)13-12-21-25-27(32-26(17)21)24(30-16-31-25)19-14-18-10-8-9-11-20(18)22(15-19)28(2,3)4/h8-16H,1-7H3/i16D. The second-order valence-corrected chi connectivity index (χ2v) is 22.4. The number of hydrogen-bond acceptors (Lipinski definition) is 3. The minimum absolute atomic E-state index is 0.00381. The Balaban J connectivity index is 1.87. The van der Waals surface area contributed by atoms with Crippen molar-refractivity contribution in [3.63, 3.8) is 0 Å². The van der Waals surface area contributed by atoms with Gasteiger partial charge in [0.15, 0.2) is 0 Å². The summed E-state index contributed by atoms with van der Waals surface area (Å²) >= 11 is -0.205. The van der Waals surface area contributed by atoms with Gasteiger partial charge in [-0.1, -0.05) is 0 Å². The molecule has 0 saturated heterocycles. The van der Waals surface area contributed by atoms with Crippen LogP contribution in [-0.4, -0.2) is 23.2 Å². The van der Waals surface area contributed by atoms with Crippen LogP contribution in [0.5, 0.6) is 0 Å². The van der Waals surface area contributed by atoms with Crippen LogP contribution in [0.2, 0.25) is 17.3 Å². The van der Waals surface area contributed by atoms with Crippen molar-refractivity contribution in [2.24, 2.45) is 0 Å². The van der Waals surface area contributed by atoms with Gasteiger partial charge in [-0.05, 0) is 0 Å². The van der Waals surface area contributed by atoms with Crippen molar-refractivity contribution in [2.75, 3.05) is 0 Å². The fourth-order valence-corrected chi connectivity index (χ4v) is 10.1. The molecule has 2 heterocycles. The van der Waals surface area contributed by atoms with E-state index in [4.69, 9.17) is 1.37 Å². The molecule has 0 atom stereocenters. The SMILES string of the molecule is [2H]c1nc(-c2cc(C(C)(C)C)c3ccccc3c2)c2sc3c(C)[c]([Ge]([CH3])([CH3])[CH3])ccc3c2n1. The molecule has 5 aromatic rings. The van der Waals surface area contributed by atoms with Crippen molar-refractivity contribution in [1.29, 1.82) is 0 Å². The zero-order valence-electron chi connectivity index (χ0n) is 20.9. The van der Waals surface area contributed by atoms with Crippen molar-refractivity contribution in [3.8, 4) is 11.3 Å². The zero-order chi connectivity index (χ0) is 23.7. The normalized spacial score (nSPS) is 13.3. The first-order valence-electron chi connectivity index (χ1n) is 11.7. The number of aryl methyl sites for hydroxylation is 1. The van der Waals surface area contributed by atoms with E-state index in [1.807, 2.05) is 0 Å². The van der Waals surface area contributed by atoms with Gasteiger partial charge in [0.05, 0.1) is 0 Å². The molecule has 4 heteroatoms. The van der Waals surface area contributed by atoms with Gasteiger partial charge in [-0.2, -0.15) is 0 Å². The van der Waals surface area contributed by atoms with Crippen LogP contribution < -0.4 is 4.40 Å². The number of rotatable bonds is 2. The Morgan fingerprint density at radius 2 is 1.66 bits per heavy atom. The van der Waals surface area contributed by atoms with Crippen molar-refractivity contribution >= 4 is 60.1 Å². The predicted octanol–water partition coefficient (Wildman–Crippen LogP) is 7.82. The first-order chi connectivity index (χ1) is 15.4. The third-order valence-corrected chi connectivity index (χ3v) is 12.2. The Kier molecular flexibility index (Phi) is 4.71. The minimum atomic E-state index is -1.99. The quantitative estimate of drug-likeness (QED) is 0.231. The molecule has 162 valence electrons. The van der Waals surface area contributed by atoms with Crippen LogP contribution in [0.25, 0.3) is 42.3 Å². The molecule has 0 amide bonds. The van der Waals surface area contributed by atoms with Crippen molar-refractivity contribution in [3.05, 3.63) is 66.0 Å². The van der Waals surface area contributed by atoms with Crippen LogP contribution in [0.4, 0.5) is 0 Å². The number of thiophene rings is 1. The van der Waals surface area contributed by atoms with E-state index in [9.17, 15) is 0 Å².